The molecule has 0 nitrogen and oxygen atoms in total. The van der Waals surface area contributed by atoms with Gasteiger partial charge in [0.2, 0.25) is 0 Å². The number of rotatable bonds is 6. The molecular weight excluding hydrogens is 200 g/mol. The smallest absolute Gasteiger partial charge is 0.000432 e. The third kappa shape index (κ3) is 4.74. The average molecular weight is 224 g/mol. The summed E-state index contributed by atoms with van der Waals surface area (Å²) in [5, 5.41) is 0. The van der Waals surface area contributed by atoms with E-state index in [9.17, 15) is 0 Å². The largest absolute Gasteiger partial charge is 0.162 e. The zero-order chi connectivity index (χ0) is 12.0. The quantitative estimate of drug-likeness (QED) is 0.581. The van der Waals surface area contributed by atoms with Gasteiger partial charge in [0.25, 0.3) is 0 Å². The van der Waals surface area contributed by atoms with Crippen LogP contribution in [0.3, 0.4) is 0 Å². The fourth-order valence-corrected chi connectivity index (χ4v) is 2.54. The first-order valence-corrected chi connectivity index (χ1v) is 6.67. The minimum absolute atomic E-state index is 0.610. The molecule has 0 aliphatic carbocycles. The highest BCUT2D eigenvalue weighted by Gasteiger charge is 2.11. The molecule has 0 aromatic carbocycles. The van der Waals surface area contributed by atoms with Crippen LogP contribution in [0.15, 0.2) is 35.5 Å². The first kappa shape index (κ1) is 14.6. The normalized spacial score (nSPS) is 12.1. The molecule has 0 heterocycles. The van der Waals surface area contributed by atoms with Crippen molar-refractivity contribution < 1.29 is 0 Å². The summed E-state index contributed by atoms with van der Waals surface area (Å²) < 4.78 is 0. The summed E-state index contributed by atoms with van der Waals surface area (Å²) in [6.07, 6.45) is 0. The molecule has 0 saturated heterocycles. The third-order valence-electron chi connectivity index (χ3n) is 2.56. The second kappa shape index (κ2) is 6.95. The number of hydrogen-bond acceptors (Lipinski definition) is 1. The van der Waals surface area contributed by atoms with E-state index in [4.69, 9.17) is 0 Å². The fourth-order valence-electron chi connectivity index (χ4n) is 1.70. The van der Waals surface area contributed by atoms with Crippen molar-refractivity contribution in [2.75, 3.05) is 11.5 Å². The summed E-state index contributed by atoms with van der Waals surface area (Å²) >= 11 is 1.99. The van der Waals surface area contributed by atoms with Crippen LogP contribution in [-0.2, 0) is 0 Å². The average Bonchev–Trinajstić information content (AvgIpc) is 2.12. The number of hydrogen-bond donors (Lipinski definition) is 0. The first-order valence-electron chi connectivity index (χ1n) is 5.52. The zero-order valence-electron chi connectivity index (χ0n) is 10.8. The van der Waals surface area contributed by atoms with Crippen LogP contribution in [0.1, 0.15) is 34.6 Å². The van der Waals surface area contributed by atoms with E-state index in [-0.39, 0.29) is 0 Å². The van der Waals surface area contributed by atoms with Gasteiger partial charge in [-0.15, -0.1) is 0 Å². The van der Waals surface area contributed by atoms with E-state index < -0.39 is 0 Å². The lowest BCUT2D eigenvalue weighted by Crippen LogP contribution is -2.05. The van der Waals surface area contributed by atoms with Gasteiger partial charge in [0, 0.05) is 0 Å². The molecule has 0 bridgehead atoms. The maximum absolute atomic E-state index is 4.03. The van der Waals surface area contributed by atoms with E-state index >= 15 is 0 Å². The Morgan fingerprint density at radius 2 is 1.60 bits per heavy atom. The van der Waals surface area contributed by atoms with Crippen molar-refractivity contribution in [2.24, 2.45) is 5.92 Å². The van der Waals surface area contributed by atoms with Gasteiger partial charge >= 0.3 is 0 Å². The summed E-state index contributed by atoms with van der Waals surface area (Å²) in [6, 6.07) is 0. The van der Waals surface area contributed by atoms with E-state index in [1.54, 1.807) is 0 Å². The molecule has 0 N–H and O–H groups in total. The molecule has 0 spiro atoms. The maximum atomic E-state index is 4.03. The fraction of sp³-hybridized carbons (Fsp3) is 0.571. The van der Waals surface area contributed by atoms with Gasteiger partial charge in [-0.05, 0) is 43.8 Å². The van der Waals surface area contributed by atoms with Gasteiger partial charge in [-0.2, -0.15) is 11.8 Å². The molecule has 0 fully saturated rings. The van der Waals surface area contributed by atoms with E-state index in [0.717, 1.165) is 11.1 Å². The Labute approximate surface area is 99.5 Å². The van der Waals surface area contributed by atoms with Gasteiger partial charge in [0.1, 0.15) is 0 Å². The first-order chi connectivity index (χ1) is 6.91. The SMILES string of the molecule is C=C(C)C(C(=C)C)=C(C)C(C)CSCC. The van der Waals surface area contributed by atoms with Gasteiger partial charge in [0.05, 0.1) is 0 Å². The van der Waals surface area contributed by atoms with Crippen LogP contribution >= 0.6 is 11.8 Å². The lowest BCUT2D eigenvalue weighted by atomic mass is 9.91. The van der Waals surface area contributed by atoms with Crippen LogP contribution in [0.5, 0.6) is 0 Å². The summed E-state index contributed by atoms with van der Waals surface area (Å²) in [5.74, 6) is 2.98. The maximum Gasteiger partial charge on any atom is -0.000432 e. The van der Waals surface area contributed by atoms with Crippen molar-refractivity contribution >= 4 is 11.8 Å². The van der Waals surface area contributed by atoms with Crippen molar-refractivity contribution in [1.82, 2.24) is 0 Å². The molecule has 86 valence electrons. The summed E-state index contributed by atoms with van der Waals surface area (Å²) in [4.78, 5) is 0. The molecule has 0 aliphatic heterocycles. The molecule has 15 heavy (non-hydrogen) atoms. The molecule has 0 aromatic heterocycles. The van der Waals surface area contributed by atoms with Crippen LogP contribution < -0.4 is 0 Å². The molecule has 1 unspecified atom stereocenters. The summed E-state index contributed by atoms with van der Waals surface area (Å²) in [7, 11) is 0. The standard InChI is InChI=1S/C14H24S/c1-8-15-9-12(6)13(7)14(10(2)3)11(4)5/h12H,2,4,8-9H2,1,3,5-7H3. The number of allylic oxidation sites excluding steroid dienone is 4. The van der Waals surface area contributed by atoms with Crippen LogP contribution in [0.25, 0.3) is 0 Å². The summed E-state index contributed by atoms with van der Waals surface area (Å²) in [6.45, 7) is 18.9. The van der Waals surface area contributed by atoms with Crippen molar-refractivity contribution in [3.8, 4) is 0 Å². The van der Waals surface area contributed by atoms with E-state index in [0.29, 0.717) is 5.92 Å². The van der Waals surface area contributed by atoms with E-state index in [1.807, 2.05) is 11.8 Å². The monoisotopic (exact) mass is 224 g/mol. The highest BCUT2D eigenvalue weighted by molar-refractivity contribution is 7.99. The van der Waals surface area contributed by atoms with Gasteiger partial charge in [-0.3, -0.25) is 0 Å². The van der Waals surface area contributed by atoms with Gasteiger partial charge < -0.3 is 0 Å². The second-order valence-corrected chi connectivity index (χ2v) is 5.50. The number of thioether (sulfide) groups is 1. The Kier molecular flexibility index (Phi) is 6.75. The molecular formula is C14H24S. The third-order valence-corrected chi connectivity index (χ3v) is 3.70. The zero-order valence-corrected chi connectivity index (χ0v) is 11.6. The minimum atomic E-state index is 0.610. The Hall–Kier alpha value is -0.430. The lowest BCUT2D eigenvalue weighted by molar-refractivity contribution is 0.773. The van der Waals surface area contributed by atoms with Crippen molar-refractivity contribution in [1.29, 1.82) is 0 Å². The van der Waals surface area contributed by atoms with E-state index in [2.05, 4.69) is 47.8 Å². The molecule has 0 aromatic rings. The van der Waals surface area contributed by atoms with Crippen molar-refractivity contribution in [3.63, 3.8) is 0 Å². The van der Waals surface area contributed by atoms with Crippen LogP contribution in [0, 0.1) is 5.92 Å². The summed E-state index contributed by atoms with van der Waals surface area (Å²) in [5.41, 5.74) is 4.97. The van der Waals surface area contributed by atoms with Crippen molar-refractivity contribution in [3.05, 3.63) is 35.5 Å². The Morgan fingerprint density at radius 1 is 1.13 bits per heavy atom. The predicted octanol–water partition coefficient (Wildman–Crippen LogP) is 4.84. The Balaban J connectivity index is 4.84. The molecule has 1 heteroatoms. The Bertz CT molecular complexity index is 255. The molecule has 1 atom stereocenters. The van der Waals surface area contributed by atoms with Crippen LogP contribution in [-0.4, -0.2) is 11.5 Å². The highest BCUT2D eigenvalue weighted by atomic mass is 32.2. The molecule has 0 amide bonds. The minimum Gasteiger partial charge on any atom is -0.162 e. The predicted molar refractivity (Wildman–Crippen MR) is 74.5 cm³/mol. The van der Waals surface area contributed by atoms with Gasteiger partial charge in [0.15, 0.2) is 0 Å². The van der Waals surface area contributed by atoms with Crippen LogP contribution in [0.4, 0.5) is 0 Å². The molecule has 0 rings (SSSR count). The highest BCUT2D eigenvalue weighted by Crippen LogP contribution is 2.27. The lowest BCUT2D eigenvalue weighted by Gasteiger charge is -2.18. The topological polar surface area (TPSA) is 0 Å². The second-order valence-electron chi connectivity index (χ2n) is 4.18. The van der Waals surface area contributed by atoms with Crippen LogP contribution in [0.2, 0.25) is 0 Å². The molecule has 0 aliphatic rings. The van der Waals surface area contributed by atoms with Crippen molar-refractivity contribution in [2.45, 2.75) is 34.6 Å². The van der Waals surface area contributed by atoms with E-state index in [1.165, 1.54) is 22.7 Å². The van der Waals surface area contributed by atoms with Gasteiger partial charge in [-0.1, -0.05) is 43.7 Å². The Morgan fingerprint density at radius 3 is 1.93 bits per heavy atom. The molecule has 0 radical (unpaired) electrons. The molecule has 0 saturated carbocycles. The van der Waals surface area contributed by atoms with Gasteiger partial charge in [-0.25, -0.2) is 0 Å².